The smallest absolute Gasteiger partial charge is 0.393 e. The molecule has 1 aliphatic rings. The number of amides is 2. The molecule has 2 heterocycles. The van der Waals surface area contributed by atoms with Gasteiger partial charge in [0.25, 0.3) is 5.91 Å². The van der Waals surface area contributed by atoms with Crippen LogP contribution in [-0.2, 0) is 17.5 Å². The number of fused-ring (bicyclic) bond motifs is 1. The number of aliphatic hydroxyl groups excluding tert-OH is 2. The highest BCUT2D eigenvalue weighted by molar-refractivity contribution is 6.03. The van der Waals surface area contributed by atoms with Gasteiger partial charge in [-0.2, -0.15) is 13.2 Å². The summed E-state index contributed by atoms with van der Waals surface area (Å²) in [7, 11) is 0. The van der Waals surface area contributed by atoms with Crippen LogP contribution in [0.1, 0.15) is 53.6 Å². The molecule has 8 nitrogen and oxygen atoms in total. The summed E-state index contributed by atoms with van der Waals surface area (Å²) in [5.41, 5.74) is -0.996. The number of hydrogen-bond donors (Lipinski definition) is 3. The van der Waals surface area contributed by atoms with Crippen LogP contribution in [0.15, 0.2) is 30.6 Å². The Morgan fingerprint density at radius 3 is 2.53 bits per heavy atom. The molecule has 0 radical (unpaired) electrons. The molecular weight excluding hydrogens is 429 g/mol. The maximum Gasteiger partial charge on any atom is 0.416 e. The normalized spacial score (nSPS) is 15.6. The molecule has 0 bridgehead atoms. The molecule has 3 N–H and O–H groups in total. The van der Waals surface area contributed by atoms with E-state index in [1.165, 1.54) is 24.5 Å². The zero-order valence-corrected chi connectivity index (χ0v) is 17.4. The summed E-state index contributed by atoms with van der Waals surface area (Å²) in [6.07, 6.45) is -3.25. The van der Waals surface area contributed by atoms with E-state index < -0.39 is 42.3 Å². The highest BCUT2D eigenvalue weighted by Gasteiger charge is 2.42. The topological polar surface area (TPSA) is 116 Å². The van der Waals surface area contributed by atoms with Crippen LogP contribution in [0.5, 0.6) is 0 Å². The Morgan fingerprint density at radius 1 is 1.25 bits per heavy atom. The lowest BCUT2D eigenvalue weighted by Crippen LogP contribution is -2.45. The summed E-state index contributed by atoms with van der Waals surface area (Å²) in [5.74, 6) is -1.24. The molecule has 172 valence electrons. The van der Waals surface area contributed by atoms with E-state index in [0.29, 0.717) is 0 Å². The molecule has 2 aromatic rings. The first-order chi connectivity index (χ1) is 15.0. The Labute approximate surface area is 182 Å². The van der Waals surface area contributed by atoms with E-state index in [9.17, 15) is 27.9 Å². The molecule has 0 spiro atoms. The van der Waals surface area contributed by atoms with Gasteiger partial charge < -0.3 is 20.4 Å². The lowest BCUT2D eigenvalue weighted by Gasteiger charge is -2.28. The monoisotopic (exact) mass is 452 g/mol. The molecule has 2 unspecified atom stereocenters. The number of halogens is 3. The molecule has 32 heavy (non-hydrogen) atoms. The predicted molar refractivity (Wildman–Crippen MR) is 107 cm³/mol. The van der Waals surface area contributed by atoms with Crippen LogP contribution in [0.25, 0.3) is 0 Å². The van der Waals surface area contributed by atoms with Gasteiger partial charge in [0.15, 0.2) is 5.82 Å². The van der Waals surface area contributed by atoms with Gasteiger partial charge in [0.05, 0.1) is 30.3 Å². The summed E-state index contributed by atoms with van der Waals surface area (Å²) >= 11 is 0. The zero-order valence-electron chi connectivity index (χ0n) is 17.4. The SMILES string of the molecule is CC(C)CC(C(=O)Nc1cnc(C(O)CO)cn1)N1Cc2c(cccc2C(F)(F)F)C1=O. The van der Waals surface area contributed by atoms with Crippen molar-refractivity contribution in [2.75, 3.05) is 11.9 Å². The second kappa shape index (κ2) is 9.21. The number of benzene rings is 1. The number of nitrogens with zero attached hydrogens (tertiary/aromatic N) is 3. The number of anilines is 1. The number of carbonyl (C=O) groups excluding carboxylic acids is 2. The molecule has 0 aliphatic carbocycles. The number of carbonyl (C=O) groups is 2. The average Bonchev–Trinajstić information content (AvgIpc) is 3.07. The third kappa shape index (κ3) is 4.89. The molecular formula is C21H23F3N4O4. The Kier molecular flexibility index (Phi) is 6.79. The maximum atomic E-state index is 13.4. The van der Waals surface area contributed by atoms with Crippen LogP contribution in [0.2, 0.25) is 0 Å². The molecule has 1 aliphatic heterocycles. The lowest BCUT2D eigenvalue weighted by atomic mass is 10.0. The molecule has 0 fully saturated rings. The summed E-state index contributed by atoms with van der Waals surface area (Å²) in [6.45, 7) is 2.79. The molecule has 1 aromatic heterocycles. The first-order valence-corrected chi connectivity index (χ1v) is 9.94. The Balaban J connectivity index is 1.85. The molecule has 0 saturated carbocycles. The average molecular weight is 452 g/mol. The fourth-order valence-electron chi connectivity index (χ4n) is 3.57. The quantitative estimate of drug-likeness (QED) is 0.595. The minimum atomic E-state index is -4.62. The van der Waals surface area contributed by atoms with Crippen LogP contribution in [-0.4, -0.2) is 49.5 Å². The van der Waals surface area contributed by atoms with Gasteiger partial charge in [-0.15, -0.1) is 0 Å². The van der Waals surface area contributed by atoms with Crippen molar-refractivity contribution in [3.8, 4) is 0 Å². The van der Waals surface area contributed by atoms with Crippen LogP contribution in [0.3, 0.4) is 0 Å². The second-order valence-corrected chi connectivity index (χ2v) is 7.92. The van der Waals surface area contributed by atoms with E-state index >= 15 is 0 Å². The fourth-order valence-corrected chi connectivity index (χ4v) is 3.57. The van der Waals surface area contributed by atoms with E-state index in [4.69, 9.17) is 5.11 Å². The zero-order chi connectivity index (χ0) is 23.6. The fraction of sp³-hybridized carbons (Fsp3) is 0.429. The number of hydrogen-bond acceptors (Lipinski definition) is 6. The minimum Gasteiger partial charge on any atom is -0.393 e. The van der Waals surface area contributed by atoms with Gasteiger partial charge in [-0.1, -0.05) is 19.9 Å². The largest absolute Gasteiger partial charge is 0.416 e. The van der Waals surface area contributed by atoms with E-state index in [1.54, 1.807) is 0 Å². The summed E-state index contributed by atoms with van der Waals surface area (Å²) in [5, 5.41) is 21.0. The molecule has 11 heteroatoms. The molecule has 0 saturated heterocycles. The Hall–Kier alpha value is -3.05. The van der Waals surface area contributed by atoms with Crippen molar-refractivity contribution in [1.82, 2.24) is 14.9 Å². The second-order valence-electron chi connectivity index (χ2n) is 7.92. The Morgan fingerprint density at radius 2 is 1.97 bits per heavy atom. The van der Waals surface area contributed by atoms with Crippen LogP contribution >= 0.6 is 0 Å². The van der Waals surface area contributed by atoms with Crippen LogP contribution in [0, 0.1) is 5.92 Å². The van der Waals surface area contributed by atoms with Crippen molar-refractivity contribution in [2.24, 2.45) is 5.92 Å². The van der Waals surface area contributed by atoms with Crippen LogP contribution in [0.4, 0.5) is 19.0 Å². The molecule has 1 aromatic carbocycles. The van der Waals surface area contributed by atoms with Gasteiger partial charge in [-0.3, -0.25) is 14.6 Å². The van der Waals surface area contributed by atoms with Crippen molar-refractivity contribution in [1.29, 1.82) is 0 Å². The van der Waals surface area contributed by atoms with Crippen molar-refractivity contribution in [3.05, 3.63) is 53.0 Å². The lowest BCUT2D eigenvalue weighted by molar-refractivity contribution is -0.138. The highest BCUT2D eigenvalue weighted by Crippen LogP contribution is 2.38. The predicted octanol–water partition coefficient (Wildman–Crippen LogP) is 2.53. The van der Waals surface area contributed by atoms with Crippen LogP contribution < -0.4 is 5.32 Å². The first-order valence-electron chi connectivity index (χ1n) is 9.94. The van der Waals surface area contributed by atoms with Gasteiger partial charge in [0.2, 0.25) is 5.91 Å². The minimum absolute atomic E-state index is 0.0301. The van der Waals surface area contributed by atoms with Gasteiger partial charge in [0, 0.05) is 12.1 Å². The van der Waals surface area contributed by atoms with Crippen molar-refractivity contribution >= 4 is 17.6 Å². The van der Waals surface area contributed by atoms with Gasteiger partial charge in [-0.25, -0.2) is 4.98 Å². The van der Waals surface area contributed by atoms with Crippen molar-refractivity contribution in [3.63, 3.8) is 0 Å². The first kappa shape index (κ1) is 23.6. The summed E-state index contributed by atoms with van der Waals surface area (Å²) in [6, 6.07) is 2.40. The van der Waals surface area contributed by atoms with Gasteiger partial charge >= 0.3 is 6.18 Å². The van der Waals surface area contributed by atoms with Gasteiger partial charge in [-0.05, 0) is 30.0 Å². The third-order valence-electron chi connectivity index (χ3n) is 5.11. The number of aliphatic hydroxyl groups is 2. The number of alkyl halides is 3. The van der Waals surface area contributed by atoms with Crippen molar-refractivity contribution < 1.29 is 33.0 Å². The Bertz CT molecular complexity index is 996. The molecule has 2 amide bonds. The van der Waals surface area contributed by atoms with E-state index in [2.05, 4.69) is 15.3 Å². The van der Waals surface area contributed by atoms with E-state index in [1.807, 2.05) is 13.8 Å². The van der Waals surface area contributed by atoms with Gasteiger partial charge in [0.1, 0.15) is 12.1 Å². The number of rotatable bonds is 7. The third-order valence-corrected chi connectivity index (χ3v) is 5.11. The standard InChI is InChI=1S/C21H23F3N4O4/c1-11(2)6-16(19(31)27-18-8-25-15(7-26-18)17(30)10-29)28-9-13-12(20(28)32)4-3-5-14(13)21(22,23)24/h3-5,7-8,11,16-17,29-30H,6,9-10H2,1-2H3,(H,26,27,31). The van der Waals surface area contributed by atoms with E-state index in [-0.39, 0.29) is 41.5 Å². The number of nitrogens with one attached hydrogen (secondary N) is 1. The van der Waals surface area contributed by atoms with E-state index in [0.717, 1.165) is 11.0 Å². The molecule has 2 atom stereocenters. The summed E-state index contributed by atoms with van der Waals surface area (Å²) in [4.78, 5) is 34.9. The number of aromatic nitrogens is 2. The maximum absolute atomic E-state index is 13.4. The highest BCUT2D eigenvalue weighted by atomic mass is 19.4. The summed E-state index contributed by atoms with van der Waals surface area (Å²) < 4.78 is 40.2. The van der Waals surface area contributed by atoms with Crippen molar-refractivity contribution in [2.45, 2.75) is 45.1 Å². The molecule has 3 rings (SSSR count).